The van der Waals surface area contributed by atoms with Crippen molar-refractivity contribution < 1.29 is 27.1 Å². The van der Waals surface area contributed by atoms with Crippen molar-refractivity contribution >= 4 is 22.0 Å². The predicted molar refractivity (Wildman–Crippen MR) is 107 cm³/mol. The van der Waals surface area contributed by atoms with E-state index in [0.717, 1.165) is 12.1 Å². The van der Waals surface area contributed by atoms with Gasteiger partial charge in [-0.3, -0.25) is 9.69 Å². The Kier molecular flexibility index (Phi) is 7.27. The van der Waals surface area contributed by atoms with E-state index < -0.39 is 15.8 Å². The summed E-state index contributed by atoms with van der Waals surface area (Å²) in [5, 5.41) is 0. The molecule has 0 atom stereocenters. The lowest BCUT2D eigenvalue weighted by molar-refractivity contribution is -0.134. The van der Waals surface area contributed by atoms with Crippen LogP contribution in [0, 0.1) is 5.82 Å². The molecule has 166 valence electrons. The van der Waals surface area contributed by atoms with E-state index in [-0.39, 0.29) is 36.5 Å². The molecule has 0 aromatic heterocycles. The number of halogens is 1. The largest absolute Gasteiger partial charge is 0.450 e. The molecule has 11 heteroatoms. The van der Waals surface area contributed by atoms with Gasteiger partial charge in [-0.15, -0.1) is 0 Å². The second-order valence-electron chi connectivity index (χ2n) is 7.20. The van der Waals surface area contributed by atoms with Crippen molar-refractivity contribution in [3.05, 3.63) is 30.1 Å². The van der Waals surface area contributed by atoms with Crippen LogP contribution in [0.1, 0.15) is 6.92 Å². The smallest absolute Gasteiger partial charge is 0.409 e. The van der Waals surface area contributed by atoms with Crippen LogP contribution in [0.3, 0.4) is 0 Å². The van der Waals surface area contributed by atoms with Gasteiger partial charge in [-0.2, -0.15) is 4.31 Å². The third-order valence-electron chi connectivity index (χ3n) is 5.30. The summed E-state index contributed by atoms with van der Waals surface area (Å²) in [7, 11) is -3.71. The maximum atomic E-state index is 13.1. The van der Waals surface area contributed by atoms with Crippen LogP contribution in [0.5, 0.6) is 0 Å². The van der Waals surface area contributed by atoms with E-state index in [0.29, 0.717) is 45.9 Å². The molecule has 0 spiro atoms. The average molecular weight is 443 g/mol. The fourth-order valence-electron chi connectivity index (χ4n) is 3.53. The third-order valence-corrected chi connectivity index (χ3v) is 7.21. The Morgan fingerprint density at radius 3 is 2.07 bits per heavy atom. The molecule has 3 rings (SSSR count). The van der Waals surface area contributed by atoms with Crippen LogP contribution < -0.4 is 0 Å². The Morgan fingerprint density at radius 1 is 0.933 bits per heavy atom. The van der Waals surface area contributed by atoms with Crippen LogP contribution in [-0.2, 0) is 19.6 Å². The molecule has 2 fully saturated rings. The normalized spacial score (nSPS) is 19.0. The number of ether oxygens (including phenoxy) is 1. The van der Waals surface area contributed by atoms with E-state index in [2.05, 4.69) is 0 Å². The summed E-state index contributed by atoms with van der Waals surface area (Å²) in [6.45, 7) is 5.53. The number of hydrogen-bond donors (Lipinski definition) is 0. The molecule has 0 N–H and O–H groups in total. The highest BCUT2D eigenvalue weighted by Gasteiger charge is 2.31. The van der Waals surface area contributed by atoms with Crippen LogP contribution in [0.2, 0.25) is 0 Å². The first-order valence-corrected chi connectivity index (χ1v) is 11.4. The zero-order chi connectivity index (χ0) is 21.7. The first-order valence-electron chi connectivity index (χ1n) is 9.99. The summed E-state index contributed by atoms with van der Waals surface area (Å²) in [6.07, 6.45) is -0.332. The van der Waals surface area contributed by atoms with Crippen molar-refractivity contribution in [3.8, 4) is 0 Å². The third kappa shape index (κ3) is 5.27. The molecular weight excluding hydrogens is 415 g/mol. The fraction of sp³-hybridized carbons (Fsp3) is 0.579. The minimum absolute atomic E-state index is 0.0446. The molecule has 2 aliphatic heterocycles. The number of amides is 2. The standard InChI is InChI=1S/C19H27FN4O5S/c1-2-29-19(26)23-9-7-21(8-10-23)15-18(25)22-11-13-24(14-12-22)30(27,28)17-5-3-16(20)4-6-17/h3-6H,2,7-15H2,1H3. The Bertz CT molecular complexity index is 848. The molecule has 2 amide bonds. The molecule has 2 heterocycles. The van der Waals surface area contributed by atoms with Gasteiger partial charge in [0.2, 0.25) is 15.9 Å². The van der Waals surface area contributed by atoms with E-state index >= 15 is 0 Å². The first kappa shape index (κ1) is 22.4. The van der Waals surface area contributed by atoms with E-state index in [1.165, 1.54) is 16.4 Å². The number of rotatable bonds is 5. The fourth-order valence-corrected chi connectivity index (χ4v) is 4.95. The molecule has 0 radical (unpaired) electrons. The SMILES string of the molecule is CCOC(=O)N1CCN(CC(=O)N2CCN(S(=O)(=O)c3ccc(F)cc3)CC2)CC1. The zero-order valence-corrected chi connectivity index (χ0v) is 17.8. The maximum Gasteiger partial charge on any atom is 0.409 e. The average Bonchev–Trinajstić information content (AvgIpc) is 2.75. The summed E-state index contributed by atoms with van der Waals surface area (Å²) < 4.78 is 44.7. The monoisotopic (exact) mass is 442 g/mol. The van der Waals surface area contributed by atoms with Crippen LogP contribution in [0.15, 0.2) is 29.2 Å². The zero-order valence-electron chi connectivity index (χ0n) is 17.0. The van der Waals surface area contributed by atoms with Crippen molar-refractivity contribution in [1.29, 1.82) is 0 Å². The molecule has 0 bridgehead atoms. The van der Waals surface area contributed by atoms with Crippen LogP contribution >= 0.6 is 0 Å². The Hall–Kier alpha value is -2.24. The van der Waals surface area contributed by atoms with Gasteiger partial charge in [0.25, 0.3) is 0 Å². The highest BCUT2D eigenvalue weighted by Crippen LogP contribution is 2.18. The van der Waals surface area contributed by atoms with Crippen LogP contribution in [0.4, 0.5) is 9.18 Å². The molecule has 0 saturated carbocycles. The molecule has 0 unspecified atom stereocenters. The number of carbonyl (C=O) groups is 2. The second kappa shape index (κ2) is 9.71. The lowest BCUT2D eigenvalue weighted by atomic mass is 10.3. The number of nitrogens with zero attached hydrogens (tertiary/aromatic N) is 4. The summed E-state index contributed by atoms with van der Waals surface area (Å²) in [5.74, 6) is -0.550. The summed E-state index contributed by atoms with van der Waals surface area (Å²) in [4.78, 5) is 29.7. The molecular formula is C19H27FN4O5S. The first-order chi connectivity index (χ1) is 14.3. The van der Waals surface area contributed by atoms with Gasteiger partial charge >= 0.3 is 6.09 Å². The molecule has 2 saturated heterocycles. The van der Waals surface area contributed by atoms with Gasteiger partial charge < -0.3 is 14.5 Å². The van der Waals surface area contributed by atoms with Crippen LogP contribution in [-0.4, -0.2) is 105 Å². The van der Waals surface area contributed by atoms with Gasteiger partial charge in [-0.05, 0) is 31.2 Å². The minimum atomic E-state index is -3.71. The molecule has 2 aliphatic rings. The minimum Gasteiger partial charge on any atom is -0.450 e. The van der Waals surface area contributed by atoms with Gasteiger partial charge in [-0.1, -0.05) is 0 Å². The van der Waals surface area contributed by atoms with E-state index in [1.807, 2.05) is 4.90 Å². The molecule has 0 aliphatic carbocycles. The van der Waals surface area contributed by atoms with Gasteiger partial charge in [0.15, 0.2) is 0 Å². The number of piperazine rings is 2. The highest BCUT2D eigenvalue weighted by molar-refractivity contribution is 7.89. The van der Waals surface area contributed by atoms with Crippen molar-refractivity contribution in [2.24, 2.45) is 0 Å². The van der Waals surface area contributed by atoms with E-state index in [9.17, 15) is 22.4 Å². The number of benzene rings is 1. The van der Waals surface area contributed by atoms with Crippen molar-refractivity contribution in [2.75, 3.05) is 65.5 Å². The Balaban J connectivity index is 1.46. The quantitative estimate of drug-likeness (QED) is 0.657. The lowest BCUT2D eigenvalue weighted by Gasteiger charge is -2.37. The molecule has 1 aromatic rings. The summed E-state index contributed by atoms with van der Waals surface area (Å²) in [6, 6.07) is 4.74. The molecule has 1 aromatic carbocycles. The van der Waals surface area contributed by atoms with E-state index in [1.54, 1.807) is 16.7 Å². The highest BCUT2D eigenvalue weighted by atomic mass is 32.2. The van der Waals surface area contributed by atoms with Gasteiger partial charge in [0, 0.05) is 52.4 Å². The number of hydrogen-bond acceptors (Lipinski definition) is 6. The van der Waals surface area contributed by atoms with Crippen molar-refractivity contribution in [2.45, 2.75) is 11.8 Å². The van der Waals surface area contributed by atoms with Gasteiger partial charge in [-0.25, -0.2) is 17.6 Å². The predicted octanol–water partition coefficient (Wildman–Crippen LogP) is 0.433. The number of carbonyl (C=O) groups excluding carboxylic acids is 2. The molecule has 30 heavy (non-hydrogen) atoms. The summed E-state index contributed by atoms with van der Waals surface area (Å²) >= 11 is 0. The Morgan fingerprint density at radius 2 is 1.50 bits per heavy atom. The lowest BCUT2D eigenvalue weighted by Crippen LogP contribution is -2.55. The van der Waals surface area contributed by atoms with Crippen molar-refractivity contribution in [3.63, 3.8) is 0 Å². The van der Waals surface area contributed by atoms with Gasteiger partial charge in [0.1, 0.15) is 5.82 Å². The summed E-state index contributed by atoms with van der Waals surface area (Å²) in [5.41, 5.74) is 0. The van der Waals surface area contributed by atoms with Crippen LogP contribution in [0.25, 0.3) is 0 Å². The van der Waals surface area contributed by atoms with E-state index in [4.69, 9.17) is 4.74 Å². The Labute approximate surface area is 176 Å². The molecule has 9 nitrogen and oxygen atoms in total. The number of sulfonamides is 1. The van der Waals surface area contributed by atoms with Crippen molar-refractivity contribution in [1.82, 2.24) is 19.0 Å². The maximum absolute atomic E-state index is 13.1. The second-order valence-corrected chi connectivity index (χ2v) is 9.14. The van der Waals surface area contributed by atoms with Gasteiger partial charge in [0.05, 0.1) is 18.0 Å². The topological polar surface area (TPSA) is 90.5 Å².